The normalized spacial score (nSPS) is 23.1. The van der Waals surface area contributed by atoms with Crippen molar-refractivity contribution in [3.8, 4) is 11.5 Å². The Balaban J connectivity index is 1.58. The molecule has 2 atom stereocenters. The predicted molar refractivity (Wildman–Crippen MR) is 97.3 cm³/mol. The molecule has 144 valence electrons. The summed E-state index contributed by atoms with van der Waals surface area (Å²) < 4.78 is 36.2. The average Bonchev–Trinajstić information content (AvgIpc) is 2.85. The summed E-state index contributed by atoms with van der Waals surface area (Å²) >= 11 is 0. The van der Waals surface area contributed by atoms with Crippen molar-refractivity contribution in [2.75, 3.05) is 25.5 Å². The molecule has 7 nitrogen and oxygen atoms in total. The maximum Gasteiger partial charge on any atom is 0.221 e. The van der Waals surface area contributed by atoms with Gasteiger partial charge in [0.05, 0.1) is 23.9 Å². The number of nitrogens with one attached hydrogen (secondary N) is 2. The van der Waals surface area contributed by atoms with Gasteiger partial charge >= 0.3 is 0 Å². The smallest absolute Gasteiger partial charge is 0.221 e. The standard InChI is InChI=1S/C18H26N2O5S/c1-13-11-14(5-7-19-13)20-18(21)6-10-26(22,23)15-3-4-16-17(12-15)25-9-2-8-24-16/h3-4,12-14,19H,2,5-11H2,1H3,(H,20,21). The molecule has 2 N–H and O–H groups in total. The van der Waals surface area contributed by atoms with E-state index in [-0.39, 0.29) is 29.0 Å². The first-order valence-electron chi connectivity index (χ1n) is 9.09. The molecule has 26 heavy (non-hydrogen) atoms. The Kier molecular flexibility index (Phi) is 6.03. The predicted octanol–water partition coefficient (Wildman–Crippen LogP) is 1.27. The molecular weight excluding hydrogens is 356 g/mol. The second kappa shape index (κ2) is 8.26. The minimum absolute atomic E-state index is 0.0465. The van der Waals surface area contributed by atoms with Crippen LogP contribution in [0.3, 0.4) is 0 Å². The van der Waals surface area contributed by atoms with Gasteiger partial charge in [-0.15, -0.1) is 0 Å². The first-order valence-corrected chi connectivity index (χ1v) is 10.7. The van der Waals surface area contributed by atoms with Crippen molar-refractivity contribution in [1.29, 1.82) is 0 Å². The van der Waals surface area contributed by atoms with E-state index in [1.165, 1.54) is 12.1 Å². The van der Waals surface area contributed by atoms with E-state index in [0.717, 1.165) is 25.8 Å². The fraction of sp³-hybridized carbons (Fsp3) is 0.611. The van der Waals surface area contributed by atoms with Crippen molar-refractivity contribution in [2.45, 2.75) is 49.6 Å². The average molecular weight is 382 g/mol. The molecular formula is C18H26N2O5S. The van der Waals surface area contributed by atoms with E-state index < -0.39 is 9.84 Å². The van der Waals surface area contributed by atoms with Gasteiger partial charge in [0, 0.05) is 31.0 Å². The molecule has 2 aliphatic heterocycles. The van der Waals surface area contributed by atoms with Crippen LogP contribution in [-0.2, 0) is 14.6 Å². The molecule has 0 aliphatic carbocycles. The Bertz CT molecular complexity index is 750. The molecule has 1 aromatic rings. The topological polar surface area (TPSA) is 93.7 Å². The molecule has 2 aliphatic rings. The number of carbonyl (C=O) groups is 1. The van der Waals surface area contributed by atoms with Gasteiger partial charge < -0.3 is 20.1 Å². The van der Waals surface area contributed by atoms with Crippen LogP contribution in [0, 0.1) is 0 Å². The maximum atomic E-state index is 12.6. The summed E-state index contributed by atoms with van der Waals surface area (Å²) in [6, 6.07) is 5.08. The number of rotatable bonds is 5. The zero-order valence-corrected chi connectivity index (χ0v) is 15.8. The monoisotopic (exact) mass is 382 g/mol. The Morgan fingerprint density at radius 3 is 2.81 bits per heavy atom. The number of amides is 1. The molecule has 0 spiro atoms. The zero-order valence-electron chi connectivity index (χ0n) is 15.0. The lowest BCUT2D eigenvalue weighted by Crippen LogP contribution is -2.46. The number of benzene rings is 1. The van der Waals surface area contributed by atoms with Gasteiger partial charge in [-0.1, -0.05) is 0 Å². The Labute approximate surface area is 154 Å². The molecule has 1 aromatic carbocycles. The van der Waals surface area contributed by atoms with E-state index >= 15 is 0 Å². The second-order valence-electron chi connectivity index (χ2n) is 6.87. The van der Waals surface area contributed by atoms with Crippen molar-refractivity contribution in [1.82, 2.24) is 10.6 Å². The van der Waals surface area contributed by atoms with Gasteiger partial charge in [-0.25, -0.2) is 8.42 Å². The highest BCUT2D eigenvalue weighted by Crippen LogP contribution is 2.32. The van der Waals surface area contributed by atoms with Gasteiger partial charge in [-0.3, -0.25) is 4.79 Å². The minimum Gasteiger partial charge on any atom is -0.490 e. The van der Waals surface area contributed by atoms with Crippen LogP contribution in [0.1, 0.15) is 32.6 Å². The number of sulfone groups is 1. The van der Waals surface area contributed by atoms with Crippen LogP contribution in [0.25, 0.3) is 0 Å². The largest absolute Gasteiger partial charge is 0.490 e. The third-order valence-corrected chi connectivity index (χ3v) is 6.38. The Morgan fingerprint density at radius 2 is 2.04 bits per heavy atom. The molecule has 0 radical (unpaired) electrons. The molecule has 8 heteroatoms. The summed E-state index contributed by atoms with van der Waals surface area (Å²) in [5.74, 6) is 0.553. The number of ether oxygens (including phenoxy) is 2. The van der Waals surface area contributed by atoms with E-state index in [1.807, 2.05) is 0 Å². The van der Waals surface area contributed by atoms with Gasteiger partial charge in [0.2, 0.25) is 5.91 Å². The summed E-state index contributed by atoms with van der Waals surface area (Å²) in [6.45, 7) is 3.98. The number of piperidine rings is 1. The van der Waals surface area contributed by atoms with Gasteiger partial charge in [-0.2, -0.15) is 0 Å². The third kappa shape index (κ3) is 4.88. The number of carbonyl (C=O) groups excluding carboxylic acids is 1. The molecule has 2 unspecified atom stereocenters. The van der Waals surface area contributed by atoms with Crippen LogP contribution in [0.15, 0.2) is 23.1 Å². The summed E-state index contributed by atoms with van der Waals surface area (Å²) in [4.78, 5) is 12.3. The van der Waals surface area contributed by atoms with Crippen LogP contribution in [0.4, 0.5) is 0 Å². The Hall–Kier alpha value is -1.80. The highest BCUT2D eigenvalue weighted by atomic mass is 32.2. The summed E-state index contributed by atoms with van der Waals surface area (Å²) in [6.07, 6.45) is 2.44. The summed E-state index contributed by atoms with van der Waals surface area (Å²) in [5, 5.41) is 6.27. The lowest BCUT2D eigenvalue weighted by atomic mass is 10.0. The summed E-state index contributed by atoms with van der Waals surface area (Å²) in [5.41, 5.74) is 0. The number of hydrogen-bond donors (Lipinski definition) is 2. The van der Waals surface area contributed by atoms with Gasteiger partial charge in [0.1, 0.15) is 0 Å². The highest BCUT2D eigenvalue weighted by Gasteiger charge is 2.23. The van der Waals surface area contributed by atoms with Crippen LogP contribution in [-0.4, -0.2) is 51.9 Å². The Morgan fingerprint density at radius 1 is 1.27 bits per heavy atom. The zero-order chi connectivity index (χ0) is 18.6. The van der Waals surface area contributed by atoms with E-state index in [2.05, 4.69) is 17.6 Å². The molecule has 1 amide bonds. The van der Waals surface area contributed by atoms with Crippen LogP contribution >= 0.6 is 0 Å². The quantitative estimate of drug-likeness (QED) is 0.797. The van der Waals surface area contributed by atoms with Crippen molar-refractivity contribution >= 4 is 15.7 Å². The second-order valence-corrected chi connectivity index (χ2v) is 8.98. The first kappa shape index (κ1) is 19.0. The molecule has 1 fully saturated rings. The molecule has 2 heterocycles. The fourth-order valence-corrected chi connectivity index (χ4v) is 4.50. The van der Waals surface area contributed by atoms with Crippen LogP contribution < -0.4 is 20.1 Å². The van der Waals surface area contributed by atoms with Crippen molar-refractivity contribution in [2.24, 2.45) is 0 Å². The SMILES string of the molecule is CC1CC(NC(=O)CCS(=O)(=O)c2ccc3c(c2)OCCCO3)CCN1. The van der Waals surface area contributed by atoms with E-state index in [0.29, 0.717) is 30.8 Å². The van der Waals surface area contributed by atoms with Gasteiger partial charge in [0.25, 0.3) is 0 Å². The van der Waals surface area contributed by atoms with E-state index in [9.17, 15) is 13.2 Å². The highest BCUT2D eigenvalue weighted by molar-refractivity contribution is 7.91. The van der Waals surface area contributed by atoms with Crippen molar-refractivity contribution < 1.29 is 22.7 Å². The number of fused-ring (bicyclic) bond motifs is 1. The minimum atomic E-state index is -3.56. The van der Waals surface area contributed by atoms with Gasteiger partial charge in [0.15, 0.2) is 21.3 Å². The lowest BCUT2D eigenvalue weighted by Gasteiger charge is -2.28. The van der Waals surface area contributed by atoms with Crippen LogP contribution in [0.5, 0.6) is 11.5 Å². The van der Waals surface area contributed by atoms with E-state index in [1.54, 1.807) is 6.07 Å². The molecule has 1 saturated heterocycles. The van der Waals surface area contributed by atoms with Gasteiger partial charge in [-0.05, 0) is 38.4 Å². The molecule has 3 rings (SSSR count). The molecule has 0 saturated carbocycles. The lowest BCUT2D eigenvalue weighted by molar-refractivity contribution is -0.121. The maximum absolute atomic E-state index is 12.6. The summed E-state index contributed by atoms with van der Waals surface area (Å²) in [7, 11) is -3.56. The number of hydrogen-bond acceptors (Lipinski definition) is 6. The fourth-order valence-electron chi connectivity index (χ4n) is 3.24. The van der Waals surface area contributed by atoms with E-state index in [4.69, 9.17) is 9.47 Å². The van der Waals surface area contributed by atoms with Crippen molar-refractivity contribution in [3.05, 3.63) is 18.2 Å². The van der Waals surface area contributed by atoms with Crippen molar-refractivity contribution in [3.63, 3.8) is 0 Å². The molecule has 0 bridgehead atoms. The third-order valence-electron chi connectivity index (χ3n) is 4.66. The van der Waals surface area contributed by atoms with Crippen LogP contribution in [0.2, 0.25) is 0 Å². The molecule has 0 aromatic heterocycles. The first-order chi connectivity index (χ1) is 12.4.